The van der Waals surface area contributed by atoms with E-state index in [4.69, 9.17) is 11.6 Å². The van der Waals surface area contributed by atoms with Crippen molar-refractivity contribution in [3.63, 3.8) is 0 Å². The number of nitrogens with one attached hydrogen (secondary N) is 1. The molecule has 0 fully saturated rings. The van der Waals surface area contributed by atoms with Gasteiger partial charge >= 0.3 is 5.69 Å². The molecule has 7 heteroatoms. The Hall–Kier alpha value is -1.40. The molecule has 0 aliphatic rings. The predicted octanol–water partition coefficient (Wildman–Crippen LogP) is 1.00. The number of halogens is 1. The van der Waals surface area contributed by atoms with Crippen LogP contribution in [0.2, 0.25) is 5.02 Å². The quantitative estimate of drug-likeness (QED) is 0.873. The van der Waals surface area contributed by atoms with Crippen LogP contribution in [0.5, 0.6) is 0 Å². The van der Waals surface area contributed by atoms with E-state index in [1.54, 1.807) is 6.20 Å². The van der Waals surface area contributed by atoms with Crippen molar-refractivity contribution in [3.8, 4) is 0 Å². The summed E-state index contributed by atoms with van der Waals surface area (Å²) in [5.41, 5.74) is -1.04. The van der Waals surface area contributed by atoms with Gasteiger partial charge in [-0.05, 0) is 6.92 Å². The summed E-state index contributed by atoms with van der Waals surface area (Å²) in [5, 5.41) is 0.930. The van der Waals surface area contributed by atoms with E-state index in [-0.39, 0.29) is 5.02 Å². The van der Waals surface area contributed by atoms with Gasteiger partial charge in [0.05, 0.1) is 11.6 Å². The maximum Gasteiger partial charge on any atom is 0.328 e. The first-order valence-electron chi connectivity index (χ1n) is 4.47. The molecule has 0 amide bonds. The average Bonchev–Trinajstić information content (AvgIpc) is 2.60. The first-order chi connectivity index (χ1) is 7.56. The fourth-order valence-electron chi connectivity index (χ4n) is 1.25. The molecule has 1 N–H and O–H groups in total. The van der Waals surface area contributed by atoms with Crippen LogP contribution >= 0.6 is 22.9 Å². The lowest BCUT2D eigenvalue weighted by molar-refractivity contribution is 0.728. The van der Waals surface area contributed by atoms with Crippen LogP contribution in [0.1, 0.15) is 9.88 Å². The smallest absolute Gasteiger partial charge is 0.294 e. The monoisotopic (exact) mass is 257 g/mol. The lowest BCUT2D eigenvalue weighted by Crippen LogP contribution is -2.29. The fraction of sp³-hybridized carbons (Fsp3) is 0.222. The second-order valence-electron chi connectivity index (χ2n) is 3.21. The minimum absolute atomic E-state index is 0.000775. The normalized spacial score (nSPS) is 10.6. The number of hydrogen-bond acceptors (Lipinski definition) is 4. The van der Waals surface area contributed by atoms with Gasteiger partial charge in [0.25, 0.3) is 5.56 Å². The van der Waals surface area contributed by atoms with Crippen molar-refractivity contribution in [1.82, 2.24) is 14.5 Å². The molecule has 2 aromatic rings. The molecule has 0 aliphatic carbocycles. The Labute approximate surface area is 99.4 Å². The third-order valence-corrected chi connectivity index (χ3v) is 3.13. The van der Waals surface area contributed by atoms with Crippen LogP contribution in [0.3, 0.4) is 0 Å². The highest BCUT2D eigenvalue weighted by Gasteiger charge is 2.04. The van der Waals surface area contributed by atoms with Gasteiger partial charge in [-0.1, -0.05) is 11.6 Å². The Kier molecular flexibility index (Phi) is 2.93. The van der Waals surface area contributed by atoms with E-state index in [1.165, 1.54) is 22.1 Å². The number of aromatic nitrogens is 3. The van der Waals surface area contributed by atoms with Crippen LogP contribution in [-0.2, 0) is 6.54 Å². The second kappa shape index (κ2) is 4.23. The molecule has 16 heavy (non-hydrogen) atoms. The number of hydrogen-bond donors (Lipinski definition) is 1. The zero-order valence-electron chi connectivity index (χ0n) is 8.36. The molecule has 2 rings (SSSR count). The highest BCUT2D eigenvalue weighted by atomic mass is 35.5. The van der Waals surface area contributed by atoms with Gasteiger partial charge in [-0.2, -0.15) is 0 Å². The van der Waals surface area contributed by atoms with Crippen molar-refractivity contribution in [3.05, 3.63) is 48.1 Å². The molecule has 2 aromatic heterocycles. The van der Waals surface area contributed by atoms with Crippen LogP contribution in [0.15, 0.2) is 22.0 Å². The molecule has 0 saturated carbocycles. The predicted molar refractivity (Wildman–Crippen MR) is 62.3 cm³/mol. The molecule has 0 radical (unpaired) electrons. The highest BCUT2D eigenvalue weighted by Crippen LogP contribution is 2.12. The number of aryl methyl sites for hydroxylation is 1. The van der Waals surface area contributed by atoms with E-state index in [2.05, 4.69) is 9.97 Å². The molecule has 0 atom stereocenters. The van der Waals surface area contributed by atoms with Gasteiger partial charge in [0.2, 0.25) is 0 Å². The zero-order valence-corrected chi connectivity index (χ0v) is 9.93. The molecule has 0 aromatic carbocycles. The Morgan fingerprint density at radius 3 is 2.94 bits per heavy atom. The number of H-pyrrole nitrogens is 1. The van der Waals surface area contributed by atoms with Gasteiger partial charge in [0.1, 0.15) is 5.02 Å². The zero-order chi connectivity index (χ0) is 11.7. The molecule has 0 aliphatic heterocycles. The summed E-state index contributed by atoms with van der Waals surface area (Å²) in [6, 6.07) is 0. The van der Waals surface area contributed by atoms with Crippen molar-refractivity contribution in [2.24, 2.45) is 0 Å². The third kappa shape index (κ3) is 2.23. The SMILES string of the molecule is Cc1ncc(Cn2cc(Cl)c(=O)[nH]c2=O)s1. The summed E-state index contributed by atoms with van der Waals surface area (Å²) < 4.78 is 1.34. The van der Waals surface area contributed by atoms with Gasteiger partial charge in [-0.25, -0.2) is 9.78 Å². The van der Waals surface area contributed by atoms with Gasteiger partial charge in [0.15, 0.2) is 0 Å². The molecule has 0 unspecified atom stereocenters. The molecular formula is C9H8ClN3O2S. The second-order valence-corrected chi connectivity index (χ2v) is 4.94. The van der Waals surface area contributed by atoms with E-state index in [0.29, 0.717) is 6.54 Å². The summed E-state index contributed by atoms with van der Waals surface area (Å²) in [6.45, 7) is 2.25. The summed E-state index contributed by atoms with van der Waals surface area (Å²) in [6.07, 6.45) is 3.03. The fourth-order valence-corrected chi connectivity index (χ4v) is 2.21. The minimum Gasteiger partial charge on any atom is -0.294 e. The van der Waals surface area contributed by atoms with Crippen LogP contribution in [0.4, 0.5) is 0 Å². The molecule has 0 bridgehead atoms. The van der Waals surface area contributed by atoms with Crippen molar-refractivity contribution >= 4 is 22.9 Å². The van der Waals surface area contributed by atoms with Gasteiger partial charge in [-0.15, -0.1) is 11.3 Å². The van der Waals surface area contributed by atoms with E-state index in [1.807, 2.05) is 6.92 Å². The Morgan fingerprint density at radius 2 is 2.31 bits per heavy atom. The lowest BCUT2D eigenvalue weighted by Gasteiger charge is -2.02. The van der Waals surface area contributed by atoms with Crippen molar-refractivity contribution in [2.45, 2.75) is 13.5 Å². The first kappa shape index (κ1) is 11.1. The maximum atomic E-state index is 11.4. The van der Waals surface area contributed by atoms with Gasteiger partial charge in [0, 0.05) is 17.3 Å². The van der Waals surface area contributed by atoms with Crippen molar-refractivity contribution in [1.29, 1.82) is 0 Å². The van der Waals surface area contributed by atoms with Crippen molar-refractivity contribution < 1.29 is 0 Å². The van der Waals surface area contributed by atoms with E-state index in [0.717, 1.165) is 9.88 Å². The van der Waals surface area contributed by atoms with Crippen LogP contribution in [0, 0.1) is 6.92 Å². The number of thiazole rings is 1. The first-order valence-corrected chi connectivity index (χ1v) is 5.66. The Balaban J connectivity index is 2.39. The average molecular weight is 258 g/mol. The highest BCUT2D eigenvalue weighted by molar-refractivity contribution is 7.11. The molecule has 84 valence electrons. The molecular weight excluding hydrogens is 250 g/mol. The Morgan fingerprint density at radius 1 is 1.56 bits per heavy atom. The standard InChI is InChI=1S/C9H8ClN3O2S/c1-5-11-2-6(16-5)3-13-4-7(10)8(14)12-9(13)15/h2,4H,3H2,1H3,(H,12,14,15). The summed E-state index contributed by atoms with van der Waals surface area (Å²) in [4.78, 5) is 29.6. The lowest BCUT2D eigenvalue weighted by atomic mass is 10.5. The largest absolute Gasteiger partial charge is 0.328 e. The van der Waals surface area contributed by atoms with E-state index < -0.39 is 11.2 Å². The topological polar surface area (TPSA) is 67.8 Å². The summed E-state index contributed by atoms with van der Waals surface area (Å²) >= 11 is 7.14. The third-order valence-electron chi connectivity index (χ3n) is 1.96. The van der Waals surface area contributed by atoms with Crippen LogP contribution in [-0.4, -0.2) is 14.5 Å². The van der Waals surface area contributed by atoms with E-state index in [9.17, 15) is 9.59 Å². The number of nitrogens with zero attached hydrogens (tertiary/aromatic N) is 2. The van der Waals surface area contributed by atoms with Crippen LogP contribution < -0.4 is 11.2 Å². The van der Waals surface area contributed by atoms with E-state index >= 15 is 0 Å². The number of aromatic amines is 1. The Bertz CT molecular complexity index is 628. The minimum atomic E-state index is -0.566. The molecule has 5 nitrogen and oxygen atoms in total. The van der Waals surface area contributed by atoms with Gasteiger partial charge in [-0.3, -0.25) is 14.3 Å². The molecule has 0 spiro atoms. The maximum absolute atomic E-state index is 11.4. The number of rotatable bonds is 2. The molecule has 2 heterocycles. The van der Waals surface area contributed by atoms with Crippen LogP contribution in [0.25, 0.3) is 0 Å². The molecule has 0 saturated heterocycles. The summed E-state index contributed by atoms with van der Waals surface area (Å²) in [7, 11) is 0. The van der Waals surface area contributed by atoms with Crippen molar-refractivity contribution in [2.75, 3.05) is 0 Å². The summed E-state index contributed by atoms with van der Waals surface area (Å²) in [5.74, 6) is 0. The van der Waals surface area contributed by atoms with Gasteiger partial charge < -0.3 is 0 Å².